The number of unbranched alkanes of at least 4 members (excludes halogenated alkanes) is 11. The van der Waals surface area contributed by atoms with Crippen LogP contribution in [0.1, 0.15) is 128 Å². The molecule has 166 valence electrons. The highest BCUT2D eigenvalue weighted by molar-refractivity contribution is 5.85. The number of hydrogen-bond donors (Lipinski definition) is 2. The summed E-state index contributed by atoms with van der Waals surface area (Å²) in [5.41, 5.74) is -0.280. The van der Waals surface area contributed by atoms with E-state index in [0.717, 1.165) is 44.9 Å². The molecule has 0 atom stereocenters. The van der Waals surface area contributed by atoms with Crippen LogP contribution in [0.3, 0.4) is 0 Å². The van der Waals surface area contributed by atoms with E-state index in [4.69, 9.17) is 5.11 Å². The Labute approximate surface area is 177 Å². The lowest BCUT2D eigenvalue weighted by Crippen LogP contribution is -2.33. The maximum Gasteiger partial charge on any atom is 0.309 e. The Morgan fingerprint density at radius 1 is 0.655 bits per heavy atom. The highest BCUT2D eigenvalue weighted by Gasteiger charge is 2.50. The first kappa shape index (κ1) is 22.6. The molecule has 0 bridgehead atoms. The maximum atomic E-state index is 12.3. The van der Waals surface area contributed by atoms with Crippen molar-refractivity contribution >= 4 is 11.9 Å². The third-order valence-electron chi connectivity index (χ3n) is 7.62. The summed E-state index contributed by atoms with van der Waals surface area (Å²) < 4.78 is 0. The standard InChI is InChI=1S/C25H43NO3/c27-22(26-21-13-14-21)24(17-18-24)15-11-9-7-5-3-1-2-4-6-8-10-12-16-25(19-20-25)23(28)29/h21H,1-20H2,(H,26,27)(H,28,29). The summed E-state index contributed by atoms with van der Waals surface area (Å²) >= 11 is 0. The predicted molar refractivity (Wildman–Crippen MR) is 117 cm³/mol. The van der Waals surface area contributed by atoms with Crippen LogP contribution in [-0.2, 0) is 9.59 Å². The number of carboxylic acids is 1. The molecule has 29 heavy (non-hydrogen) atoms. The fraction of sp³-hybridized carbons (Fsp3) is 0.920. The molecule has 0 heterocycles. The van der Waals surface area contributed by atoms with Gasteiger partial charge in [-0.05, 0) is 51.4 Å². The Balaban J connectivity index is 1.04. The van der Waals surface area contributed by atoms with Crippen LogP contribution < -0.4 is 5.32 Å². The van der Waals surface area contributed by atoms with Gasteiger partial charge >= 0.3 is 5.97 Å². The smallest absolute Gasteiger partial charge is 0.309 e. The summed E-state index contributed by atoms with van der Waals surface area (Å²) in [5.74, 6) is -0.211. The van der Waals surface area contributed by atoms with Crippen molar-refractivity contribution in [2.24, 2.45) is 10.8 Å². The van der Waals surface area contributed by atoms with Crippen molar-refractivity contribution in [3.05, 3.63) is 0 Å². The van der Waals surface area contributed by atoms with Crippen molar-refractivity contribution < 1.29 is 14.7 Å². The molecule has 3 aliphatic carbocycles. The fourth-order valence-corrected chi connectivity index (χ4v) is 4.72. The Kier molecular flexibility index (Phi) is 8.44. The van der Waals surface area contributed by atoms with Crippen molar-refractivity contribution in [1.82, 2.24) is 5.32 Å². The third-order valence-corrected chi connectivity index (χ3v) is 7.62. The van der Waals surface area contributed by atoms with Gasteiger partial charge < -0.3 is 10.4 Å². The minimum absolute atomic E-state index is 0.0372. The first-order valence-corrected chi connectivity index (χ1v) is 12.6. The predicted octanol–water partition coefficient (Wildman–Crippen LogP) is 6.37. The minimum Gasteiger partial charge on any atom is -0.481 e. The van der Waals surface area contributed by atoms with Crippen molar-refractivity contribution in [2.75, 3.05) is 0 Å². The van der Waals surface area contributed by atoms with E-state index in [1.54, 1.807) is 0 Å². The van der Waals surface area contributed by atoms with Gasteiger partial charge in [-0.3, -0.25) is 9.59 Å². The van der Waals surface area contributed by atoms with Gasteiger partial charge in [-0.1, -0.05) is 77.0 Å². The summed E-state index contributed by atoms with van der Waals surface area (Å²) in [6.07, 6.45) is 23.9. The zero-order valence-corrected chi connectivity index (χ0v) is 18.5. The fourth-order valence-electron chi connectivity index (χ4n) is 4.72. The summed E-state index contributed by atoms with van der Waals surface area (Å²) in [5, 5.41) is 12.4. The van der Waals surface area contributed by atoms with Crippen molar-refractivity contribution in [1.29, 1.82) is 0 Å². The summed E-state index contributed by atoms with van der Waals surface area (Å²) in [4.78, 5) is 23.4. The molecular weight excluding hydrogens is 362 g/mol. The second-order valence-corrected chi connectivity index (χ2v) is 10.4. The quantitative estimate of drug-likeness (QED) is 0.260. The van der Waals surface area contributed by atoms with Crippen LogP contribution in [0, 0.1) is 10.8 Å². The molecule has 0 aromatic heterocycles. The molecule has 0 saturated heterocycles. The van der Waals surface area contributed by atoms with Gasteiger partial charge in [-0.2, -0.15) is 0 Å². The Hall–Kier alpha value is -1.06. The highest BCUT2D eigenvalue weighted by Crippen LogP contribution is 2.51. The molecule has 0 aromatic rings. The second kappa shape index (κ2) is 10.8. The van der Waals surface area contributed by atoms with E-state index in [1.165, 1.54) is 83.5 Å². The van der Waals surface area contributed by atoms with Crippen LogP contribution in [0.5, 0.6) is 0 Å². The summed E-state index contributed by atoms with van der Waals surface area (Å²) in [7, 11) is 0. The van der Waals surface area contributed by atoms with E-state index < -0.39 is 5.97 Å². The van der Waals surface area contributed by atoms with Gasteiger partial charge in [-0.15, -0.1) is 0 Å². The van der Waals surface area contributed by atoms with Gasteiger partial charge in [0, 0.05) is 11.5 Å². The van der Waals surface area contributed by atoms with Gasteiger partial charge in [0.1, 0.15) is 0 Å². The normalized spacial score (nSPS) is 21.0. The summed E-state index contributed by atoms with van der Waals surface area (Å²) in [6, 6.07) is 0.506. The molecule has 2 N–H and O–H groups in total. The number of carbonyl (C=O) groups excluding carboxylic acids is 1. The molecule has 0 aliphatic heterocycles. The topological polar surface area (TPSA) is 66.4 Å². The molecule has 4 nitrogen and oxygen atoms in total. The molecule has 4 heteroatoms. The number of amides is 1. The molecule has 3 fully saturated rings. The molecule has 3 rings (SSSR count). The van der Waals surface area contributed by atoms with Crippen LogP contribution in [0.15, 0.2) is 0 Å². The molecule has 1 amide bonds. The Morgan fingerprint density at radius 3 is 1.38 bits per heavy atom. The Morgan fingerprint density at radius 2 is 1.03 bits per heavy atom. The minimum atomic E-state index is -0.566. The first-order chi connectivity index (χ1) is 14.1. The maximum absolute atomic E-state index is 12.3. The van der Waals surface area contributed by atoms with E-state index in [9.17, 15) is 9.59 Å². The highest BCUT2D eigenvalue weighted by atomic mass is 16.4. The molecule has 0 spiro atoms. The number of carbonyl (C=O) groups is 2. The van der Waals surface area contributed by atoms with Gasteiger partial charge in [-0.25, -0.2) is 0 Å². The van der Waals surface area contributed by atoms with Crippen LogP contribution in [0.2, 0.25) is 0 Å². The molecule has 3 saturated carbocycles. The molecule has 3 aliphatic rings. The van der Waals surface area contributed by atoms with Gasteiger partial charge in [0.05, 0.1) is 5.41 Å². The van der Waals surface area contributed by atoms with Crippen LogP contribution in [-0.4, -0.2) is 23.0 Å². The van der Waals surface area contributed by atoms with E-state index in [2.05, 4.69) is 5.32 Å². The number of aliphatic carboxylic acids is 1. The molecule has 0 radical (unpaired) electrons. The van der Waals surface area contributed by atoms with E-state index in [0.29, 0.717) is 11.9 Å². The lowest BCUT2D eigenvalue weighted by atomic mass is 9.96. The van der Waals surface area contributed by atoms with Crippen molar-refractivity contribution in [3.8, 4) is 0 Å². The average molecular weight is 406 g/mol. The average Bonchev–Trinajstić information content (AvgIpc) is 3.54. The van der Waals surface area contributed by atoms with E-state index in [1.807, 2.05) is 0 Å². The van der Waals surface area contributed by atoms with Gasteiger partial charge in [0.2, 0.25) is 5.91 Å². The van der Waals surface area contributed by atoms with Gasteiger partial charge in [0.15, 0.2) is 0 Å². The van der Waals surface area contributed by atoms with Crippen molar-refractivity contribution in [3.63, 3.8) is 0 Å². The molecular formula is C25H43NO3. The van der Waals surface area contributed by atoms with Crippen LogP contribution in [0.25, 0.3) is 0 Å². The van der Waals surface area contributed by atoms with Crippen molar-refractivity contribution in [2.45, 2.75) is 134 Å². The number of rotatable bonds is 18. The lowest BCUT2D eigenvalue weighted by Gasteiger charge is -2.14. The zero-order chi connectivity index (χ0) is 20.6. The molecule has 0 aromatic carbocycles. The Bertz CT molecular complexity index is 532. The lowest BCUT2D eigenvalue weighted by molar-refractivity contribution is -0.143. The number of nitrogens with one attached hydrogen (secondary N) is 1. The SMILES string of the molecule is O=C(O)C1(CCCCCCCCCCCCCCC2(C(=O)NC3CC3)CC2)CC1. The van der Waals surface area contributed by atoms with Crippen LogP contribution >= 0.6 is 0 Å². The zero-order valence-electron chi connectivity index (χ0n) is 18.5. The first-order valence-electron chi connectivity index (χ1n) is 12.6. The van der Waals surface area contributed by atoms with Crippen LogP contribution in [0.4, 0.5) is 0 Å². The van der Waals surface area contributed by atoms with Gasteiger partial charge in [0.25, 0.3) is 0 Å². The third kappa shape index (κ3) is 7.61. The van der Waals surface area contributed by atoms with E-state index in [-0.39, 0.29) is 10.8 Å². The second-order valence-electron chi connectivity index (χ2n) is 10.4. The largest absolute Gasteiger partial charge is 0.481 e. The van der Waals surface area contributed by atoms with E-state index >= 15 is 0 Å². The monoisotopic (exact) mass is 405 g/mol. The molecule has 0 unspecified atom stereocenters. The number of carboxylic acid groups (broad SMARTS) is 1. The summed E-state index contributed by atoms with van der Waals surface area (Å²) in [6.45, 7) is 0. The number of hydrogen-bond acceptors (Lipinski definition) is 2.